The SMILES string of the molecule is Cc1ccc(S(=O)(=O)Nc2nc(SCc3ccccc3)n[nH]2)cc1. The van der Waals surface area contributed by atoms with Gasteiger partial charge >= 0.3 is 0 Å². The van der Waals surface area contributed by atoms with Crippen molar-refractivity contribution in [3.05, 3.63) is 65.7 Å². The van der Waals surface area contributed by atoms with Crippen molar-refractivity contribution in [3.63, 3.8) is 0 Å². The number of nitrogens with one attached hydrogen (secondary N) is 2. The first-order valence-electron chi connectivity index (χ1n) is 7.21. The molecule has 0 aliphatic heterocycles. The molecule has 0 saturated carbocycles. The molecule has 1 heterocycles. The predicted molar refractivity (Wildman–Crippen MR) is 94.4 cm³/mol. The third-order valence-corrected chi connectivity index (χ3v) is 5.51. The number of H-pyrrole nitrogens is 1. The van der Waals surface area contributed by atoms with Crippen molar-refractivity contribution >= 4 is 27.7 Å². The summed E-state index contributed by atoms with van der Waals surface area (Å²) in [5.74, 6) is 0.814. The molecule has 24 heavy (non-hydrogen) atoms. The highest BCUT2D eigenvalue weighted by atomic mass is 32.2. The number of sulfonamides is 1. The summed E-state index contributed by atoms with van der Waals surface area (Å²) in [6.45, 7) is 1.90. The van der Waals surface area contributed by atoms with Crippen molar-refractivity contribution in [1.82, 2.24) is 15.2 Å². The summed E-state index contributed by atoms with van der Waals surface area (Å²) in [5, 5.41) is 7.12. The van der Waals surface area contributed by atoms with Crippen LogP contribution in [0, 0.1) is 6.92 Å². The molecule has 6 nitrogen and oxygen atoms in total. The number of thioether (sulfide) groups is 1. The average Bonchev–Trinajstić information content (AvgIpc) is 3.01. The predicted octanol–water partition coefficient (Wildman–Crippen LogP) is 3.21. The van der Waals surface area contributed by atoms with Gasteiger partial charge in [-0.3, -0.25) is 0 Å². The molecule has 3 rings (SSSR count). The lowest BCUT2D eigenvalue weighted by Crippen LogP contribution is -2.13. The molecule has 1 aromatic heterocycles. The van der Waals surface area contributed by atoms with E-state index >= 15 is 0 Å². The van der Waals surface area contributed by atoms with E-state index in [0.717, 1.165) is 11.1 Å². The van der Waals surface area contributed by atoms with Crippen molar-refractivity contribution in [3.8, 4) is 0 Å². The lowest BCUT2D eigenvalue weighted by molar-refractivity contribution is 0.601. The second kappa shape index (κ2) is 7.06. The van der Waals surface area contributed by atoms with Gasteiger partial charge in [-0.2, -0.15) is 4.98 Å². The number of aryl methyl sites for hydroxylation is 1. The summed E-state index contributed by atoms with van der Waals surface area (Å²) in [6.07, 6.45) is 0. The Labute approximate surface area is 144 Å². The van der Waals surface area contributed by atoms with Gasteiger partial charge in [-0.25, -0.2) is 18.2 Å². The van der Waals surface area contributed by atoms with Crippen molar-refractivity contribution in [2.45, 2.75) is 22.7 Å². The molecule has 124 valence electrons. The van der Waals surface area contributed by atoms with E-state index in [9.17, 15) is 8.42 Å². The molecular weight excluding hydrogens is 344 g/mol. The Kier molecular flexibility index (Phi) is 4.86. The molecule has 0 saturated heterocycles. The normalized spacial score (nSPS) is 11.4. The summed E-state index contributed by atoms with van der Waals surface area (Å²) < 4.78 is 27.0. The van der Waals surface area contributed by atoms with E-state index in [1.807, 2.05) is 37.3 Å². The van der Waals surface area contributed by atoms with Gasteiger partial charge in [-0.05, 0) is 24.6 Å². The largest absolute Gasteiger partial charge is 0.264 e. The van der Waals surface area contributed by atoms with Crippen LogP contribution in [0.3, 0.4) is 0 Å². The van der Waals surface area contributed by atoms with E-state index < -0.39 is 10.0 Å². The van der Waals surface area contributed by atoms with Crippen LogP contribution in [0.5, 0.6) is 0 Å². The summed E-state index contributed by atoms with van der Waals surface area (Å²) in [6, 6.07) is 16.5. The molecule has 0 unspecified atom stereocenters. The van der Waals surface area contributed by atoms with E-state index in [-0.39, 0.29) is 10.8 Å². The second-order valence-corrected chi connectivity index (χ2v) is 7.78. The fourth-order valence-corrected chi connectivity index (χ4v) is 3.69. The lowest BCUT2D eigenvalue weighted by Gasteiger charge is -2.04. The van der Waals surface area contributed by atoms with Crippen LogP contribution in [0.15, 0.2) is 64.6 Å². The van der Waals surface area contributed by atoms with Crippen LogP contribution in [0.4, 0.5) is 5.95 Å². The Morgan fingerprint density at radius 2 is 1.79 bits per heavy atom. The van der Waals surface area contributed by atoms with Crippen LogP contribution in [-0.4, -0.2) is 23.6 Å². The highest BCUT2D eigenvalue weighted by Crippen LogP contribution is 2.21. The molecule has 0 fully saturated rings. The molecule has 2 aromatic carbocycles. The molecule has 0 spiro atoms. The molecule has 0 radical (unpaired) electrons. The monoisotopic (exact) mass is 360 g/mol. The Morgan fingerprint density at radius 1 is 1.08 bits per heavy atom. The molecule has 8 heteroatoms. The third-order valence-electron chi connectivity index (χ3n) is 3.24. The zero-order chi connectivity index (χ0) is 17.0. The first-order valence-corrected chi connectivity index (χ1v) is 9.68. The summed E-state index contributed by atoms with van der Waals surface area (Å²) in [5.41, 5.74) is 2.14. The quantitative estimate of drug-likeness (QED) is 0.659. The Hall–Kier alpha value is -2.32. The van der Waals surface area contributed by atoms with Gasteiger partial charge in [0.05, 0.1) is 4.90 Å². The van der Waals surface area contributed by atoms with E-state index in [1.54, 1.807) is 24.3 Å². The van der Waals surface area contributed by atoms with Gasteiger partial charge in [0.2, 0.25) is 11.1 Å². The van der Waals surface area contributed by atoms with Crippen molar-refractivity contribution in [1.29, 1.82) is 0 Å². The molecule has 0 bridgehead atoms. The van der Waals surface area contributed by atoms with Gasteiger partial charge in [0, 0.05) is 5.75 Å². The molecule has 0 atom stereocenters. The number of nitrogens with zero attached hydrogens (tertiary/aromatic N) is 2. The van der Waals surface area contributed by atoms with Crippen LogP contribution in [0.1, 0.15) is 11.1 Å². The maximum Gasteiger partial charge on any atom is 0.264 e. The standard InChI is InChI=1S/C16H16N4O2S2/c1-12-7-9-14(10-8-12)24(21,22)20-15-17-16(19-18-15)23-11-13-5-3-2-4-6-13/h2-10H,11H2,1H3,(H2,17,18,19,20). The van der Waals surface area contributed by atoms with Gasteiger partial charge in [0.1, 0.15) is 0 Å². The number of aromatic nitrogens is 3. The van der Waals surface area contributed by atoms with Crippen LogP contribution in [0.2, 0.25) is 0 Å². The molecule has 0 aliphatic carbocycles. The average molecular weight is 360 g/mol. The summed E-state index contributed by atoms with van der Waals surface area (Å²) in [4.78, 5) is 4.34. The zero-order valence-electron chi connectivity index (χ0n) is 12.9. The smallest absolute Gasteiger partial charge is 0.248 e. The van der Waals surface area contributed by atoms with Gasteiger partial charge in [0.15, 0.2) is 0 Å². The van der Waals surface area contributed by atoms with Gasteiger partial charge in [0.25, 0.3) is 10.0 Å². The minimum absolute atomic E-state index is 0.103. The number of anilines is 1. The van der Waals surface area contributed by atoms with Crippen LogP contribution >= 0.6 is 11.8 Å². The minimum Gasteiger partial charge on any atom is -0.248 e. The van der Waals surface area contributed by atoms with Gasteiger partial charge < -0.3 is 0 Å². The van der Waals surface area contributed by atoms with Crippen molar-refractivity contribution < 1.29 is 8.42 Å². The van der Waals surface area contributed by atoms with Gasteiger partial charge in [-0.15, -0.1) is 5.10 Å². The summed E-state index contributed by atoms with van der Waals surface area (Å²) >= 11 is 1.43. The fraction of sp³-hybridized carbons (Fsp3) is 0.125. The first-order chi connectivity index (χ1) is 11.5. The molecule has 2 N–H and O–H groups in total. The third kappa shape index (κ3) is 4.15. The molecule has 0 amide bonds. The van der Waals surface area contributed by atoms with Crippen molar-refractivity contribution in [2.24, 2.45) is 0 Å². The van der Waals surface area contributed by atoms with Crippen LogP contribution < -0.4 is 4.72 Å². The van der Waals surface area contributed by atoms with Gasteiger partial charge in [-0.1, -0.05) is 59.8 Å². The number of aromatic amines is 1. The number of rotatable bonds is 6. The van der Waals surface area contributed by atoms with E-state index in [2.05, 4.69) is 19.9 Å². The number of hydrogen-bond donors (Lipinski definition) is 2. The zero-order valence-corrected chi connectivity index (χ0v) is 14.6. The second-order valence-electron chi connectivity index (χ2n) is 5.16. The maximum atomic E-state index is 12.3. The summed E-state index contributed by atoms with van der Waals surface area (Å²) in [7, 11) is -3.68. The van der Waals surface area contributed by atoms with Crippen LogP contribution in [0.25, 0.3) is 0 Å². The highest BCUT2D eigenvalue weighted by molar-refractivity contribution is 7.98. The lowest BCUT2D eigenvalue weighted by atomic mass is 10.2. The first kappa shape index (κ1) is 16.5. The Bertz CT molecular complexity index is 907. The Morgan fingerprint density at radius 3 is 2.50 bits per heavy atom. The van der Waals surface area contributed by atoms with Crippen molar-refractivity contribution in [2.75, 3.05) is 4.72 Å². The van der Waals surface area contributed by atoms with Crippen LogP contribution in [-0.2, 0) is 15.8 Å². The number of hydrogen-bond acceptors (Lipinski definition) is 5. The maximum absolute atomic E-state index is 12.3. The van der Waals surface area contributed by atoms with E-state index in [1.165, 1.54) is 11.8 Å². The van der Waals surface area contributed by atoms with E-state index in [4.69, 9.17) is 0 Å². The molecule has 0 aliphatic rings. The number of benzene rings is 2. The molecule has 3 aromatic rings. The topological polar surface area (TPSA) is 87.7 Å². The Balaban J connectivity index is 1.66. The van der Waals surface area contributed by atoms with E-state index in [0.29, 0.717) is 10.9 Å². The highest BCUT2D eigenvalue weighted by Gasteiger charge is 2.16. The minimum atomic E-state index is -3.68. The molecular formula is C16H16N4O2S2. The fourth-order valence-electron chi connectivity index (χ4n) is 1.98.